The summed E-state index contributed by atoms with van der Waals surface area (Å²) in [5.41, 5.74) is 3.60. The second-order valence-corrected chi connectivity index (χ2v) is 6.00. The third-order valence-corrected chi connectivity index (χ3v) is 4.41. The zero-order valence-electron chi connectivity index (χ0n) is 14.0. The molecule has 4 nitrogen and oxygen atoms in total. The van der Waals surface area contributed by atoms with Crippen molar-refractivity contribution in [3.05, 3.63) is 54.1 Å². The third-order valence-electron chi connectivity index (χ3n) is 4.41. The number of benzene rings is 2. The van der Waals surface area contributed by atoms with Crippen molar-refractivity contribution < 1.29 is 4.74 Å². The van der Waals surface area contributed by atoms with Gasteiger partial charge in [0.1, 0.15) is 5.75 Å². The average Bonchev–Trinajstić information content (AvgIpc) is 2.61. The Morgan fingerprint density at radius 2 is 1.65 bits per heavy atom. The van der Waals surface area contributed by atoms with E-state index in [4.69, 9.17) is 4.74 Å². The van der Waals surface area contributed by atoms with Gasteiger partial charge < -0.3 is 19.9 Å². The predicted octanol–water partition coefficient (Wildman–Crippen LogP) is 3.06. The Hall–Kier alpha value is -2.20. The first kappa shape index (κ1) is 15.7. The molecule has 1 N–H and O–H groups in total. The summed E-state index contributed by atoms with van der Waals surface area (Å²) in [6.45, 7) is 5.23. The highest BCUT2D eigenvalue weighted by Gasteiger charge is 2.13. The number of para-hydroxylation sites is 1. The van der Waals surface area contributed by atoms with Crippen molar-refractivity contribution in [2.45, 2.75) is 6.54 Å². The van der Waals surface area contributed by atoms with E-state index in [0.29, 0.717) is 0 Å². The molecule has 1 aliphatic rings. The summed E-state index contributed by atoms with van der Waals surface area (Å²) in [5.74, 6) is 0.925. The monoisotopic (exact) mass is 311 g/mol. The lowest BCUT2D eigenvalue weighted by atomic mass is 10.2. The van der Waals surface area contributed by atoms with E-state index in [9.17, 15) is 0 Å². The number of anilines is 2. The number of nitrogens with one attached hydrogen (secondary N) is 1. The molecule has 1 heterocycles. The lowest BCUT2D eigenvalue weighted by molar-refractivity contribution is 0.313. The first-order valence-electron chi connectivity index (χ1n) is 8.15. The second kappa shape index (κ2) is 7.38. The fourth-order valence-electron chi connectivity index (χ4n) is 2.90. The number of hydrogen-bond donors (Lipinski definition) is 1. The summed E-state index contributed by atoms with van der Waals surface area (Å²) in [5, 5.41) is 3.47. The molecule has 0 unspecified atom stereocenters. The summed E-state index contributed by atoms with van der Waals surface area (Å²) in [7, 11) is 3.89. The van der Waals surface area contributed by atoms with Gasteiger partial charge in [0, 0.05) is 49.7 Å². The van der Waals surface area contributed by atoms with E-state index in [2.05, 4.69) is 52.5 Å². The zero-order chi connectivity index (χ0) is 16.1. The van der Waals surface area contributed by atoms with Gasteiger partial charge in [0.2, 0.25) is 0 Å². The molecule has 1 aliphatic heterocycles. The number of nitrogens with zero attached hydrogens (tertiary/aromatic N) is 2. The summed E-state index contributed by atoms with van der Waals surface area (Å²) in [6, 6.07) is 16.8. The highest BCUT2D eigenvalue weighted by Crippen LogP contribution is 2.22. The zero-order valence-corrected chi connectivity index (χ0v) is 14.0. The lowest BCUT2D eigenvalue weighted by Crippen LogP contribution is -2.44. The van der Waals surface area contributed by atoms with E-state index in [1.165, 1.54) is 5.69 Å². The third kappa shape index (κ3) is 3.96. The highest BCUT2D eigenvalue weighted by molar-refractivity contribution is 5.55. The Morgan fingerprint density at radius 3 is 2.35 bits per heavy atom. The smallest absolute Gasteiger partial charge is 0.123 e. The topological polar surface area (TPSA) is 27.7 Å². The fraction of sp³-hybridized carbons (Fsp3) is 0.368. The van der Waals surface area contributed by atoms with Gasteiger partial charge in [-0.15, -0.1) is 0 Å². The van der Waals surface area contributed by atoms with E-state index in [1.807, 2.05) is 18.2 Å². The number of likely N-dealkylation sites (N-methyl/N-ethyl adjacent to an activating group) is 1. The van der Waals surface area contributed by atoms with Crippen molar-refractivity contribution in [2.75, 3.05) is 50.6 Å². The van der Waals surface area contributed by atoms with Crippen LogP contribution in [0.2, 0.25) is 0 Å². The molecule has 0 bridgehead atoms. The van der Waals surface area contributed by atoms with Crippen LogP contribution in [0.5, 0.6) is 5.75 Å². The molecule has 0 saturated carbocycles. The molecule has 23 heavy (non-hydrogen) atoms. The van der Waals surface area contributed by atoms with Crippen LogP contribution in [0, 0.1) is 0 Å². The Balaban J connectivity index is 1.59. The Bertz CT molecular complexity index is 619. The summed E-state index contributed by atoms with van der Waals surface area (Å²) in [6.07, 6.45) is 0. The molecule has 4 heteroatoms. The standard InChI is InChI=1S/C19H25N3O/c1-21-11-13-22(14-12-21)18-9-7-17(8-10-18)20-15-16-5-3-4-6-19(16)23-2/h3-10,20H,11-15H2,1-2H3. The summed E-state index contributed by atoms with van der Waals surface area (Å²) < 4.78 is 5.39. The lowest BCUT2D eigenvalue weighted by Gasteiger charge is -2.34. The van der Waals surface area contributed by atoms with Crippen LogP contribution in [0.15, 0.2) is 48.5 Å². The molecule has 3 rings (SSSR count). The molecular weight excluding hydrogens is 286 g/mol. The van der Waals surface area contributed by atoms with Crippen LogP contribution in [-0.4, -0.2) is 45.2 Å². The minimum absolute atomic E-state index is 0.762. The van der Waals surface area contributed by atoms with Gasteiger partial charge in [-0.3, -0.25) is 0 Å². The van der Waals surface area contributed by atoms with E-state index >= 15 is 0 Å². The van der Waals surface area contributed by atoms with Crippen LogP contribution in [0.1, 0.15) is 5.56 Å². The Labute approximate surface area is 138 Å². The van der Waals surface area contributed by atoms with Gasteiger partial charge in [0.15, 0.2) is 0 Å². The minimum atomic E-state index is 0.762. The molecule has 0 radical (unpaired) electrons. The molecule has 122 valence electrons. The molecule has 0 amide bonds. The summed E-state index contributed by atoms with van der Waals surface area (Å²) >= 11 is 0. The quantitative estimate of drug-likeness (QED) is 0.918. The van der Waals surface area contributed by atoms with Crippen molar-refractivity contribution in [3.63, 3.8) is 0 Å². The van der Waals surface area contributed by atoms with E-state index in [-0.39, 0.29) is 0 Å². The number of methoxy groups -OCH3 is 1. The normalized spacial score (nSPS) is 15.5. The largest absolute Gasteiger partial charge is 0.496 e. The van der Waals surface area contributed by atoms with Crippen LogP contribution >= 0.6 is 0 Å². The van der Waals surface area contributed by atoms with Crippen LogP contribution in [0.4, 0.5) is 11.4 Å². The fourth-order valence-corrected chi connectivity index (χ4v) is 2.90. The Morgan fingerprint density at radius 1 is 0.957 bits per heavy atom. The van der Waals surface area contributed by atoms with Gasteiger partial charge in [-0.25, -0.2) is 0 Å². The molecule has 2 aromatic rings. The van der Waals surface area contributed by atoms with Crippen molar-refractivity contribution in [2.24, 2.45) is 0 Å². The first-order chi connectivity index (χ1) is 11.3. The minimum Gasteiger partial charge on any atom is -0.496 e. The van der Waals surface area contributed by atoms with E-state index in [1.54, 1.807) is 7.11 Å². The van der Waals surface area contributed by atoms with Gasteiger partial charge in [0.05, 0.1) is 7.11 Å². The molecule has 0 aromatic heterocycles. The molecule has 2 aromatic carbocycles. The number of rotatable bonds is 5. The van der Waals surface area contributed by atoms with E-state index < -0.39 is 0 Å². The molecular formula is C19H25N3O. The molecule has 1 fully saturated rings. The molecule has 0 spiro atoms. The van der Waals surface area contributed by atoms with Gasteiger partial charge in [-0.2, -0.15) is 0 Å². The maximum atomic E-state index is 5.39. The van der Waals surface area contributed by atoms with Crippen molar-refractivity contribution in [3.8, 4) is 5.75 Å². The highest BCUT2D eigenvalue weighted by atomic mass is 16.5. The van der Waals surface area contributed by atoms with Crippen molar-refractivity contribution >= 4 is 11.4 Å². The Kier molecular flexibility index (Phi) is 5.03. The van der Waals surface area contributed by atoms with E-state index in [0.717, 1.165) is 49.7 Å². The van der Waals surface area contributed by atoms with Gasteiger partial charge in [0.25, 0.3) is 0 Å². The predicted molar refractivity (Wildman–Crippen MR) is 96.5 cm³/mol. The molecule has 0 atom stereocenters. The van der Waals surface area contributed by atoms with Gasteiger partial charge >= 0.3 is 0 Å². The first-order valence-corrected chi connectivity index (χ1v) is 8.15. The maximum absolute atomic E-state index is 5.39. The van der Waals surface area contributed by atoms with Crippen LogP contribution < -0.4 is 15.0 Å². The molecule has 1 saturated heterocycles. The number of ether oxygens (including phenoxy) is 1. The molecule has 0 aliphatic carbocycles. The van der Waals surface area contributed by atoms with Crippen molar-refractivity contribution in [1.29, 1.82) is 0 Å². The van der Waals surface area contributed by atoms with Gasteiger partial charge in [-0.05, 0) is 37.4 Å². The van der Waals surface area contributed by atoms with Crippen LogP contribution in [0.3, 0.4) is 0 Å². The second-order valence-electron chi connectivity index (χ2n) is 6.00. The SMILES string of the molecule is COc1ccccc1CNc1ccc(N2CCN(C)CC2)cc1. The number of hydrogen-bond acceptors (Lipinski definition) is 4. The van der Waals surface area contributed by atoms with Crippen LogP contribution in [-0.2, 0) is 6.54 Å². The summed E-state index contributed by atoms with van der Waals surface area (Å²) in [4.78, 5) is 4.82. The maximum Gasteiger partial charge on any atom is 0.123 e. The van der Waals surface area contributed by atoms with Crippen LogP contribution in [0.25, 0.3) is 0 Å². The number of piperazine rings is 1. The average molecular weight is 311 g/mol. The van der Waals surface area contributed by atoms with Gasteiger partial charge in [-0.1, -0.05) is 18.2 Å². The van der Waals surface area contributed by atoms with Crippen molar-refractivity contribution in [1.82, 2.24) is 4.90 Å².